The Labute approximate surface area is 292 Å². The number of rotatable bonds is 5. The van der Waals surface area contributed by atoms with E-state index in [4.69, 9.17) is 19.4 Å². The molecule has 0 N–H and O–H groups in total. The molecule has 0 bridgehead atoms. The van der Waals surface area contributed by atoms with Crippen LogP contribution in [0.1, 0.15) is 0 Å². The highest BCUT2D eigenvalue weighted by atomic mass is 32.1. The van der Waals surface area contributed by atoms with Crippen LogP contribution in [0.4, 0.5) is 0 Å². The number of hydrogen-bond donors (Lipinski definition) is 0. The molecule has 0 unspecified atom stereocenters. The van der Waals surface area contributed by atoms with Crippen molar-refractivity contribution >= 4 is 53.4 Å². The third kappa shape index (κ3) is 4.79. The number of thiophene rings is 1. The molecule has 4 nitrogen and oxygen atoms in total. The van der Waals surface area contributed by atoms with Crippen molar-refractivity contribution in [3.05, 3.63) is 164 Å². The largest absolute Gasteiger partial charge is 0.455 e. The SMILES string of the molecule is c1ccc(-c2cc(-c3ccc4c(c3)oc3c(-c5nc(-c6ccccc6)nc(-c6ccccc6)n5)cccc34)c3sc4ccccc4c3c2)cc1. The van der Waals surface area contributed by atoms with Gasteiger partial charge in [-0.25, -0.2) is 15.0 Å². The van der Waals surface area contributed by atoms with Gasteiger partial charge < -0.3 is 4.42 Å². The molecule has 0 radical (unpaired) electrons. The van der Waals surface area contributed by atoms with E-state index < -0.39 is 0 Å². The lowest BCUT2D eigenvalue weighted by Gasteiger charge is -2.09. The van der Waals surface area contributed by atoms with Gasteiger partial charge in [-0.15, -0.1) is 11.3 Å². The molecule has 3 heterocycles. The zero-order valence-corrected chi connectivity index (χ0v) is 27.6. The molecule has 3 aromatic heterocycles. The van der Waals surface area contributed by atoms with Gasteiger partial charge in [-0.2, -0.15) is 0 Å². The average Bonchev–Trinajstić information content (AvgIpc) is 3.76. The Balaban J connectivity index is 1.17. The van der Waals surface area contributed by atoms with Crippen LogP contribution in [0, 0.1) is 0 Å². The van der Waals surface area contributed by atoms with Gasteiger partial charge in [0, 0.05) is 47.6 Å². The number of aromatic nitrogens is 3. The fourth-order valence-electron chi connectivity index (χ4n) is 6.91. The molecule has 10 aromatic rings. The monoisotopic (exact) mass is 657 g/mol. The molecule has 5 heteroatoms. The van der Waals surface area contributed by atoms with Gasteiger partial charge in [0.25, 0.3) is 0 Å². The van der Waals surface area contributed by atoms with Crippen LogP contribution in [0.2, 0.25) is 0 Å². The van der Waals surface area contributed by atoms with Gasteiger partial charge in [0.15, 0.2) is 17.5 Å². The van der Waals surface area contributed by atoms with Crippen LogP contribution < -0.4 is 0 Å². The van der Waals surface area contributed by atoms with E-state index in [1.54, 1.807) is 0 Å². The second-order valence-electron chi connectivity index (χ2n) is 12.4. The number of fused-ring (bicyclic) bond motifs is 6. The van der Waals surface area contributed by atoms with Crippen molar-refractivity contribution in [2.45, 2.75) is 0 Å². The lowest BCUT2D eigenvalue weighted by Crippen LogP contribution is -2.00. The molecular weight excluding hydrogens is 631 g/mol. The average molecular weight is 658 g/mol. The van der Waals surface area contributed by atoms with Crippen LogP contribution in [-0.2, 0) is 0 Å². The van der Waals surface area contributed by atoms with Crippen molar-refractivity contribution in [2.24, 2.45) is 0 Å². The van der Waals surface area contributed by atoms with E-state index in [1.807, 2.05) is 78.1 Å². The van der Waals surface area contributed by atoms with Crippen LogP contribution in [0.15, 0.2) is 168 Å². The van der Waals surface area contributed by atoms with Crippen molar-refractivity contribution in [1.82, 2.24) is 15.0 Å². The van der Waals surface area contributed by atoms with Gasteiger partial charge in [0.05, 0.1) is 5.56 Å². The molecule has 234 valence electrons. The first-order valence-corrected chi connectivity index (χ1v) is 17.4. The summed E-state index contributed by atoms with van der Waals surface area (Å²) in [6.45, 7) is 0. The topological polar surface area (TPSA) is 51.8 Å². The van der Waals surface area contributed by atoms with E-state index in [9.17, 15) is 0 Å². The summed E-state index contributed by atoms with van der Waals surface area (Å²) in [4.78, 5) is 14.9. The third-order valence-corrected chi connectivity index (χ3v) is 10.6. The Morgan fingerprint density at radius 1 is 0.380 bits per heavy atom. The van der Waals surface area contributed by atoms with Crippen molar-refractivity contribution in [3.63, 3.8) is 0 Å². The van der Waals surface area contributed by atoms with Gasteiger partial charge in [-0.1, -0.05) is 127 Å². The summed E-state index contributed by atoms with van der Waals surface area (Å²) in [6, 6.07) is 56.9. The van der Waals surface area contributed by atoms with E-state index in [0.29, 0.717) is 17.5 Å². The molecule has 0 aliphatic heterocycles. The molecule has 0 aliphatic carbocycles. The van der Waals surface area contributed by atoms with Gasteiger partial charge >= 0.3 is 0 Å². The van der Waals surface area contributed by atoms with Crippen LogP contribution in [0.3, 0.4) is 0 Å². The highest BCUT2D eigenvalue weighted by Gasteiger charge is 2.19. The second kappa shape index (κ2) is 11.6. The Bertz CT molecular complexity index is 2800. The first-order chi connectivity index (χ1) is 24.8. The van der Waals surface area contributed by atoms with Crippen LogP contribution >= 0.6 is 11.3 Å². The van der Waals surface area contributed by atoms with Gasteiger partial charge in [-0.3, -0.25) is 0 Å². The summed E-state index contributed by atoms with van der Waals surface area (Å²) >= 11 is 1.84. The summed E-state index contributed by atoms with van der Waals surface area (Å²) in [5.74, 6) is 1.82. The number of nitrogens with zero attached hydrogens (tertiary/aromatic N) is 3. The standard InChI is InChI=1S/C45H27N3OS/c1-4-13-28(14-5-1)32-25-37(42-38(26-32)34-19-10-11-22-40(34)50-42)31-23-24-33-35-20-12-21-36(41(35)49-39(33)27-31)45-47-43(29-15-6-2-7-16-29)46-44(48-45)30-17-8-3-9-18-30/h1-27H. The Morgan fingerprint density at radius 2 is 1.00 bits per heavy atom. The number of hydrogen-bond acceptors (Lipinski definition) is 5. The van der Waals surface area contributed by atoms with Crippen LogP contribution in [0.25, 0.3) is 98.5 Å². The van der Waals surface area contributed by atoms with Crippen LogP contribution in [0.5, 0.6) is 0 Å². The second-order valence-corrected chi connectivity index (χ2v) is 13.5. The van der Waals surface area contributed by atoms with Crippen LogP contribution in [-0.4, -0.2) is 15.0 Å². The van der Waals surface area contributed by atoms with E-state index in [0.717, 1.165) is 44.2 Å². The zero-order chi connectivity index (χ0) is 33.0. The maximum Gasteiger partial charge on any atom is 0.167 e. The molecular formula is C45H27N3OS. The van der Waals surface area contributed by atoms with Crippen molar-refractivity contribution in [2.75, 3.05) is 0 Å². The Kier molecular flexibility index (Phi) is 6.64. The Morgan fingerprint density at radius 3 is 1.72 bits per heavy atom. The van der Waals surface area contributed by atoms with E-state index >= 15 is 0 Å². The first kappa shape index (κ1) is 28.6. The lowest BCUT2D eigenvalue weighted by molar-refractivity contribution is 0.669. The molecule has 10 rings (SSSR count). The van der Waals surface area contributed by atoms with E-state index in [-0.39, 0.29) is 0 Å². The minimum Gasteiger partial charge on any atom is -0.455 e. The van der Waals surface area contributed by atoms with Crippen molar-refractivity contribution in [1.29, 1.82) is 0 Å². The van der Waals surface area contributed by atoms with Gasteiger partial charge in [-0.05, 0) is 53.1 Å². The predicted molar refractivity (Wildman–Crippen MR) is 207 cm³/mol. The third-order valence-electron chi connectivity index (χ3n) is 9.34. The fourth-order valence-corrected chi connectivity index (χ4v) is 8.13. The minimum atomic E-state index is 0.574. The van der Waals surface area contributed by atoms with Crippen molar-refractivity contribution in [3.8, 4) is 56.4 Å². The summed E-state index contributed by atoms with van der Waals surface area (Å²) in [7, 11) is 0. The molecule has 0 spiro atoms. The normalized spacial score (nSPS) is 11.6. The maximum atomic E-state index is 6.78. The van der Waals surface area contributed by atoms with Gasteiger partial charge in [0.1, 0.15) is 11.2 Å². The smallest absolute Gasteiger partial charge is 0.167 e. The Hall–Kier alpha value is -6.43. The molecule has 50 heavy (non-hydrogen) atoms. The number of benzene rings is 7. The molecule has 0 saturated carbocycles. The summed E-state index contributed by atoms with van der Waals surface area (Å²) in [5, 5.41) is 4.63. The highest BCUT2D eigenvalue weighted by Crippen LogP contribution is 2.44. The van der Waals surface area contributed by atoms with E-state index in [1.165, 1.54) is 36.9 Å². The first-order valence-electron chi connectivity index (χ1n) is 16.6. The molecule has 0 atom stereocenters. The summed E-state index contributed by atoms with van der Waals surface area (Å²) < 4.78 is 9.34. The number of para-hydroxylation sites is 1. The summed E-state index contributed by atoms with van der Waals surface area (Å²) in [5.41, 5.74) is 8.98. The lowest BCUT2D eigenvalue weighted by atomic mass is 9.95. The zero-order valence-electron chi connectivity index (χ0n) is 26.7. The molecule has 0 amide bonds. The quantitative estimate of drug-likeness (QED) is 0.185. The molecule has 0 aliphatic rings. The molecule has 0 fully saturated rings. The minimum absolute atomic E-state index is 0.574. The molecule has 7 aromatic carbocycles. The highest BCUT2D eigenvalue weighted by molar-refractivity contribution is 7.26. The van der Waals surface area contributed by atoms with Gasteiger partial charge in [0.2, 0.25) is 0 Å². The number of furan rings is 1. The van der Waals surface area contributed by atoms with E-state index in [2.05, 4.69) is 97.1 Å². The maximum absolute atomic E-state index is 6.78. The summed E-state index contributed by atoms with van der Waals surface area (Å²) in [6.07, 6.45) is 0. The van der Waals surface area contributed by atoms with Crippen molar-refractivity contribution < 1.29 is 4.42 Å². The predicted octanol–water partition coefficient (Wildman–Crippen LogP) is 12.5. The molecule has 0 saturated heterocycles. The fraction of sp³-hybridized carbons (Fsp3) is 0.